The molecule has 3 aromatic rings. The number of hydrogen-bond acceptors (Lipinski definition) is 7. The molecule has 0 radical (unpaired) electrons. The fraction of sp³-hybridized carbons (Fsp3) is 0.318. The van der Waals surface area contributed by atoms with Crippen molar-refractivity contribution in [3.63, 3.8) is 0 Å². The highest BCUT2D eigenvalue weighted by molar-refractivity contribution is 7.87. The van der Waals surface area contributed by atoms with Crippen molar-refractivity contribution in [2.45, 2.75) is 19.8 Å². The monoisotopic (exact) mass is 481 g/mol. The summed E-state index contributed by atoms with van der Waals surface area (Å²) in [4.78, 5) is 4.20. The van der Waals surface area contributed by atoms with Gasteiger partial charge in [0.15, 0.2) is 0 Å². The van der Waals surface area contributed by atoms with E-state index in [0.29, 0.717) is 25.5 Å². The Morgan fingerprint density at radius 2 is 1.79 bits per heavy atom. The molecule has 1 aliphatic heterocycles. The molecule has 1 aromatic heterocycles. The molecule has 34 heavy (non-hydrogen) atoms. The van der Waals surface area contributed by atoms with Gasteiger partial charge in [0.1, 0.15) is 0 Å². The number of rotatable bonds is 7. The SMILES string of the molecule is CCN(CC)S(=O)(=O)NC(=NC)N1CC(c2ccccc2)C(c2ccc(-c3nn[nH]n3)cc2)=N1. The molecule has 1 aliphatic rings. The third-order valence-electron chi connectivity index (χ3n) is 5.62. The van der Waals surface area contributed by atoms with Crippen molar-refractivity contribution in [3.05, 3.63) is 65.7 Å². The fourth-order valence-corrected chi connectivity index (χ4v) is 5.11. The summed E-state index contributed by atoms with van der Waals surface area (Å²) < 4.78 is 29.6. The summed E-state index contributed by atoms with van der Waals surface area (Å²) in [5.74, 6) is 0.602. The molecule has 1 unspecified atom stereocenters. The summed E-state index contributed by atoms with van der Waals surface area (Å²) in [6.07, 6.45) is 0. The first-order chi connectivity index (χ1) is 16.5. The van der Waals surface area contributed by atoms with Crippen LogP contribution in [-0.2, 0) is 10.2 Å². The minimum atomic E-state index is -3.75. The number of hydrazone groups is 1. The lowest BCUT2D eigenvalue weighted by molar-refractivity contribution is 0.430. The highest BCUT2D eigenvalue weighted by atomic mass is 32.2. The van der Waals surface area contributed by atoms with E-state index in [-0.39, 0.29) is 11.9 Å². The zero-order chi connectivity index (χ0) is 24.1. The van der Waals surface area contributed by atoms with Crippen molar-refractivity contribution in [2.75, 3.05) is 26.7 Å². The van der Waals surface area contributed by atoms with Crippen LogP contribution in [-0.4, -0.2) is 76.7 Å². The smallest absolute Gasteiger partial charge is 0.254 e. The standard InChI is InChI=1S/C22H27N9O2S/c1-4-30(5-2)34(32,33)27-22(23-3)31-15-19(16-9-7-6-8-10-16)20(26-31)17-11-13-18(14-12-17)21-24-28-29-25-21/h6-14,19H,4-5,15H2,1-3H3,(H,23,27)(H,24,25,28,29). The van der Waals surface area contributed by atoms with E-state index < -0.39 is 10.2 Å². The molecule has 0 saturated carbocycles. The van der Waals surface area contributed by atoms with Crippen LogP contribution < -0.4 is 4.72 Å². The lowest BCUT2D eigenvalue weighted by Gasteiger charge is -2.23. The Morgan fingerprint density at radius 1 is 1.12 bits per heavy atom. The highest BCUT2D eigenvalue weighted by Gasteiger charge is 2.33. The molecule has 12 heteroatoms. The summed E-state index contributed by atoms with van der Waals surface area (Å²) >= 11 is 0. The van der Waals surface area contributed by atoms with Crippen LogP contribution in [0.3, 0.4) is 0 Å². The van der Waals surface area contributed by atoms with Gasteiger partial charge in [-0.15, -0.1) is 10.2 Å². The van der Waals surface area contributed by atoms with Gasteiger partial charge >= 0.3 is 10.2 Å². The molecule has 0 saturated heterocycles. The number of aliphatic imine (C=N–C) groups is 1. The molecule has 178 valence electrons. The Morgan fingerprint density at radius 3 is 2.38 bits per heavy atom. The second kappa shape index (κ2) is 10.1. The lowest BCUT2D eigenvalue weighted by Crippen LogP contribution is -2.48. The lowest BCUT2D eigenvalue weighted by atomic mass is 9.90. The molecular weight excluding hydrogens is 454 g/mol. The molecule has 2 aromatic carbocycles. The maximum absolute atomic E-state index is 12.8. The number of nitrogens with one attached hydrogen (secondary N) is 2. The molecule has 0 fully saturated rings. The molecule has 0 spiro atoms. The van der Waals surface area contributed by atoms with E-state index >= 15 is 0 Å². The topological polar surface area (TPSA) is 132 Å². The first kappa shape index (κ1) is 23.5. The number of hydrogen-bond donors (Lipinski definition) is 2. The Balaban J connectivity index is 1.67. The molecule has 1 atom stereocenters. The van der Waals surface area contributed by atoms with Crippen molar-refractivity contribution in [1.29, 1.82) is 0 Å². The van der Waals surface area contributed by atoms with Crippen LogP contribution in [0, 0.1) is 0 Å². The predicted octanol–water partition coefficient (Wildman–Crippen LogP) is 1.83. The van der Waals surface area contributed by atoms with Crippen LogP contribution in [0.1, 0.15) is 30.9 Å². The van der Waals surface area contributed by atoms with E-state index in [1.807, 2.05) is 54.6 Å². The van der Waals surface area contributed by atoms with Crippen molar-refractivity contribution in [3.8, 4) is 11.4 Å². The van der Waals surface area contributed by atoms with Gasteiger partial charge in [0.25, 0.3) is 0 Å². The molecule has 0 amide bonds. The molecule has 0 bridgehead atoms. The fourth-order valence-electron chi connectivity index (χ4n) is 3.87. The maximum atomic E-state index is 12.8. The van der Waals surface area contributed by atoms with Crippen molar-refractivity contribution < 1.29 is 8.42 Å². The average molecular weight is 482 g/mol. The van der Waals surface area contributed by atoms with Gasteiger partial charge in [0.05, 0.1) is 12.3 Å². The van der Waals surface area contributed by atoms with E-state index in [1.54, 1.807) is 25.9 Å². The number of nitrogens with zero attached hydrogens (tertiary/aromatic N) is 7. The molecule has 0 aliphatic carbocycles. The largest absolute Gasteiger partial charge is 0.303 e. The number of tetrazole rings is 1. The van der Waals surface area contributed by atoms with Gasteiger partial charge in [0.2, 0.25) is 11.8 Å². The van der Waals surface area contributed by atoms with Crippen LogP contribution in [0.2, 0.25) is 0 Å². The zero-order valence-electron chi connectivity index (χ0n) is 19.3. The third-order valence-corrected chi connectivity index (χ3v) is 7.26. The van der Waals surface area contributed by atoms with Crippen molar-refractivity contribution in [2.24, 2.45) is 10.1 Å². The van der Waals surface area contributed by atoms with E-state index in [4.69, 9.17) is 5.10 Å². The molecule has 2 N–H and O–H groups in total. The van der Waals surface area contributed by atoms with Gasteiger partial charge in [0, 0.05) is 31.6 Å². The second-order valence-corrected chi connectivity index (χ2v) is 9.25. The second-order valence-electron chi connectivity index (χ2n) is 7.58. The van der Waals surface area contributed by atoms with E-state index in [1.165, 1.54) is 4.31 Å². The van der Waals surface area contributed by atoms with Gasteiger partial charge in [-0.05, 0) is 16.3 Å². The Labute approximate surface area is 198 Å². The van der Waals surface area contributed by atoms with E-state index in [9.17, 15) is 8.42 Å². The number of benzene rings is 2. The van der Waals surface area contributed by atoms with Gasteiger partial charge in [-0.1, -0.05) is 68.4 Å². The first-order valence-electron chi connectivity index (χ1n) is 11.0. The molecule has 4 rings (SSSR count). The van der Waals surface area contributed by atoms with Gasteiger partial charge in [-0.2, -0.15) is 23.0 Å². The molecular formula is C22H27N9O2S. The Kier molecular flexibility index (Phi) is 6.98. The number of guanidine groups is 1. The molecule has 2 heterocycles. The van der Waals surface area contributed by atoms with Gasteiger partial charge in [-0.25, -0.2) is 9.73 Å². The highest BCUT2D eigenvalue weighted by Crippen LogP contribution is 2.29. The summed E-state index contributed by atoms with van der Waals surface area (Å²) in [6, 6.07) is 17.7. The average Bonchev–Trinajstić information content (AvgIpc) is 3.55. The molecule has 11 nitrogen and oxygen atoms in total. The van der Waals surface area contributed by atoms with Crippen molar-refractivity contribution >= 4 is 21.9 Å². The number of aromatic nitrogens is 4. The van der Waals surface area contributed by atoms with Gasteiger partial charge < -0.3 is 0 Å². The minimum absolute atomic E-state index is 0.0769. The van der Waals surface area contributed by atoms with Crippen LogP contribution in [0.5, 0.6) is 0 Å². The number of H-pyrrole nitrogens is 1. The summed E-state index contributed by atoms with van der Waals surface area (Å²) in [6.45, 7) is 4.75. The van der Waals surface area contributed by atoms with E-state index in [0.717, 1.165) is 22.4 Å². The number of aromatic amines is 1. The zero-order valence-corrected chi connectivity index (χ0v) is 20.1. The summed E-state index contributed by atoms with van der Waals surface area (Å²) in [5.41, 5.74) is 3.62. The third kappa shape index (κ3) is 4.82. The van der Waals surface area contributed by atoms with Crippen molar-refractivity contribution in [1.82, 2.24) is 34.7 Å². The Bertz CT molecular complexity index is 1250. The quantitative estimate of drug-likeness (QED) is 0.391. The summed E-state index contributed by atoms with van der Waals surface area (Å²) in [7, 11) is -2.20. The van der Waals surface area contributed by atoms with Crippen LogP contribution >= 0.6 is 0 Å². The Hall–Kier alpha value is -3.64. The van der Waals surface area contributed by atoms with Crippen LogP contribution in [0.25, 0.3) is 11.4 Å². The minimum Gasteiger partial charge on any atom is -0.254 e. The summed E-state index contributed by atoms with van der Waals surface area (Å²) in [5, 5.41) is 20.5. The predicted molar refractivity (Wildman–Crippen MR) is 130 cm³/mol. The van der Waals surface area contributed by atoms with Crippen LogP contribution in [0.15, 0.2) is 64.7 Å². The van der Waals surface area contributed by atoms with E-state index in [2.05, 4.69) is 30.3 Å². The van der Waals surface area contributed by atoms with Crippen LogP contribution in [0.4, 0.5) is 0 Å². The van der Waals surface area contributed by atoms with Gasteiger partial charge in [-0.3, -0.25) is 4.99 Å². The first-order valence-corrected chi connectivity index (χ1v) is 12.4. The maximum Gasteiger partial charge on any atom is 0.303 e. The normalized spacial score (nSPS) is 16.7.